The summed E-state index contributed by atoms with van der Waals surface area (Å²) in [4.78, 5) is 4.09. The van der Waals surface area contributed by atoms with Crippen molar-refractivity contribution in [1.82, 2.24) is 0 Å². The molecular formula is C17H37N3. The molecule has 0 aromatic rings. The van der Waals surface area contributed by atoms with Crippen molar-refractivity contribution >= 4 is 5.96 Å². The summed E-state index contributed by atoms with van der Waals surface area (Å²) >= 11 is 0. The van der Waals surface area contributed by atoms with E-state index in [0.717, 1.165) is 18.9 Å². The smallest absolute Gasteiger partial charge is 0.185 e. The minimum absolute atomic E-state index is 0.229. The summed E-state index contributed by atoms with van der Waals surface area (Å²) in [5.74, 6) is 1.12. The van der Waals surface area contributed by atoms with Crippen LogP contribution in [0.1, 0.15) is 90.9 Å². The number of rotatable bonds is 14. The van der Waals surface area contributed by atoms with Crippen LogP contribution in [0.15, 0.2) is 4.99 Å². The highest BCUT2D eigenvalue weighted by Gasteiger charge is 2.08. The van der Waals surface area contributed by atoms with Gasteiger partial charge in [-0.15, -0.1) is 0 Å². The molecule has 0 bridgehead atoms. The van der Waals surface area contributed by atoms with Gasteiger partial charge in [0.25, 0.3) is 0 Å². The Balaban J connectivity index is 3.81. The maximum atomic E-state index is 5.36. The van der Waals surface area contributed by atoms with Crippen molar-refractivity contribution in [2.45, 2.75) is 90.9 Å². The highest BCUT2D eigenvalue weighted by molar-refractivity contribution is 5.75. The van der Waals surface area contributed by atoms with Crippen LogP contribution >= 0.6 is 0 Å². The number of nitrogens with two attached hydrogens (primary N) is 2. The third-order valence-electron chi connectivity index (χ3n) is 4.00. The number of guanidine groups is 1. The lowest BCUT2D eigenvalue weighted by molar-refractivity contribution is 0.376. The van der Waals surface area contributed by atoms with E-state index >= 15 is 0 Å². The standard InChI is InChI=1S/C17H37N3/c1-3-5-7-9-12-16(13-10-8-6-4-2)14-11-15-20-17(18)19/h16H,3-15H2,1-2H3,(H4,18,19,20). The van der Waals surface area contributed by atoms with E-state index in [1.54, 1.807) is 0 Å². The molecule has 0 atom stereocenters. The van der Waals surface area contributed by atoms with Crippen LogP contribution in [-0.2, 0) is 0 Å². The van der Waals surface area contributed by atoms with Gasteiger partial charge in [-0.25, -0.2) is 0 Å². The maximum absolute atomic E-state index is 5.36. The number of nitrogens with zero attached hydrogens (tertiary/aromatic N) is 1. The van der Waals surface area contributed by atoms with Crippen LogP contribution < -0.4 is 11.5 Å². The van der Waals surface area contributed by atoms with E-state index < -0.39 is 0 Å². The monoisotopic (exact) mass is 283 g/mol. The maximum Gasteiger partial charge on any atom is 0.185 e. The molecule has 0 fully saturated rings. The number of unbranched alkanes of at least 4 members (excludes halogenated alkanes) is 6. The van der Waals surface area contributed by atoms with Crippen LogP contribution in [0.3, 0.4) is 0 Å². The topological polar surface area (TPSA) is 64.4 Å². The van der Waals surface area contributed by atoms with Gasteiger partial charge in [0.15, 0.2) is 5.96 Å². The minimum Gasteiger partial charge on any atom is -0.370 e. The Morgan fingerprint density at radius 1 is 0.750 bits per heavy atom. The molecule has 3 heteroatoms. The highest BCUT2D eigenvalue weighted by Crippen LogP contribution is 2.22. The first-order valence-corrected chi connectivity index (χ1v) is 8.76. The van der Waals surface area contributed by atoms with Gasteiger partial charge in [-0.05, 0) is 18.8 Å². The zero-order valence-electron chi connectivity index (χ0n) is 13.9. The molecule has 0 spiro atoms. The Hall–Kier alpha value is -0.730. The fourth-order valence-electron chi connectivity index (χ4n) is 2.74. The van der Waals surface area contributed by atoms with Crippen LogP contribution in [0, 0.1) is 5.92 Å². The molecule has 120 valence electrons. The molecule has 0 aliphatic carbocycles. The van der Waals surface area contributed by atoms with Crippen molar-refractivity contribution in [3.8, 4) is 0 Å². The molecule has 0 radical (unpaired) electrons. The molecule has 0 unspecified atom stereocenters. The van der Waals surface area contributed by atoms with Crippen LogP contribution in [0.5, 0.6) is 0 Å². The van der Waals surface area contributed by atoms with Gasteiger partial charge in [0, 0.05) is 6.54 Å². The van der Waals surface area contributed by atoms with E-state index in [2.05, 4.69) is 18.8 Å². The second-order valence-corrected chi connectivity index (χ2v) is 6.01. The lowest BCUT2D eigenvalue weighted by atomic mass is 9.90. The molecule has 0 aliphatic rings. The van der Waals surface area contributed by atoms with Gasteiger partial charge in [-0.2, -0.15) is 0 Å². The average Bonchev–Trinajstić information content (AvgIpc) is 2.43. The highest BCUT2D eigenvalue weighted by atomic mass is 15.0. The van der Waals surface area contributed by atoms with Crippen LogP contribution in [0.4, 0.5) is 0 Å². The lowest BCUT2D eigenvalue weighted by Crippen LogP contribution is -2.23. The predicted molar refractivity (Wildman–Crippen MR) is 90.9 cm³/mol. The summed E-state index contributed by atoms with van der Waals surface area (Å²) in [6.45, 7) is 5.34. The molecule has 20 heavy (non-hydrogen) atoms. The van der Waals surface area contributed by atoms with E-state index in [1.807, 2.05) is 0 Å². The zero-order chi connectivity index (χ0) is 15.1. The largest absolute Gasteiger partial charge is 0.370 e. The third-order valence-corrected chi connectivity index (χ3v) is 4.00. The molecule has 3 nitrogen and oxygen atoms in total. The van der Waals surface area contributed by atoms with Crippen LogP contribution in [0.25, 0.3) is 0 Å². The molecule has 0 aliphatic heterocycles. The number of hydrogen-bond acceptors (Lipinski definition) is 1. The Kier molecular flexibility index (Phi) is 14.1. The fourth-order valence-corrected chi connectivity index (χ4v) is 2.74. The van der Waals surface area contributed by atoms with Gasteiger partial charge >= 0.3 is 0 Å². The average molecular weight is 284 g/mol. The molecule has 0 heterocycles. The van der Waals surface area contributed by atoms with Crippen molar-refractivity contribution in [2.24, 2.45) is 22.4 Å². The fraction of sp³-hybridized carbons (Fsp3) is 0.941. The van der Waals surface area contributed by atoms with Gasteiger partial charge in [0.2, 0.25) is 0 Å². The molecule has 0 aromatic carbocycles. The summed E-state index contributed by atoms with van der Waals surface area (Å²) in [5.41, 5.74) is 10.7. The first kappa shape index (κ1) is 19.3. The van der Waals surface area contributed by atoms with Crippen molar-refractivity contribution < 1.29 is 0 Å². The second-order valence-electron chi connectivity index (χ2n) is 6.01. The van der Waals surface area contributed by atoms with E-state index in [0.29, 0.717) is 0 Å². The SMILES string of the molecule is CCCCCCC(CCCCCC)CCCN=C(N)N. The summed E-state index contributed by atoms with van der Waals surface area (Å²) in [6, 6.07) is 0. The zero-order valence-corrected chi connectivity index (χ0v) is 13.9. The van der Waals surface area contributed by atoms with Crippen LogP contribution in [0.2, 0.25) is 0 Å². The minimum atomic E-state index is 0.229. The molecule has 0 saturated heterocycles. The number of hydrogen-bond donors (Lipinski definition) is 2. The van der Waals surface area contributed by atoms with E-state index in [9.17, 15) is 0 Å². The van der Waals surface area contributed by atoms with Crippen molar-refractivity contribution in [2.75, 3.05) is 6.54 Å². The van der Waals surface area contributed by atoms with Crippen LogP contribution in [-0.4, -0.2) is 12.5 Å². The second kappa shape index (κ2) is 14.7. The van der Waals surface area contributed by atoms with Gasteiger partial charge in [0.1, 0.15) is 0 Å². The van der Waals surface area contributed by atoms with Gasteiger partial charge < -0.3 is 11.5 Å². The number of aliphatic imine (C=N–C) groups is 1. The predicted octanol–water partition coefficient (Wildman–Crippen LogP) is 4.60. The normalized spacial score (nSPS) is 10.9. The Labute approximate surface area is 126 Å². The van der Waals surface area contributed by atoms with E-state index in [1.165, 1.54) is 70.6 Å². The van der Waals surface area contributed by atoms with Gasteiger partial charge in [-0.1, -0.05) is 78.1 Å². The first-order valence-electron chi connectivity index (χ1n) is 8.76. The molecule has 0 aromatic heterocycles. The Bertz CT molecular complexity index is 210. The van der Waals surface area contributed by atoms with Gasteiger partial charge in [-0.3, -0.25) is 4.99 Å². The lowest BCUT2D eigenvalue weighted by Gasteiger charge is -2.16. The summed E-state index contributed by atoms with van der Waals surface area (Å²) in [7, 11) is 0. The third kappa shape index (κ3) is 13.7. The molecule has 0 amide bonds. The molecule has 0 saturated carbocycles. The summed E-state index contributed by atoms with van der Waals surface area (Å²) in [6.07, 6.45) is 16.2. The summed E-state index contributed by atoms with van der Waals surface area (Å²) in [5, 5.41) is 0. The van der Waals surface area contributed by atoms with Crippen molar-refractivity contribution in [3.63, 3.8) is 0 Å². The van der Waals surface area contributed by atoms with Gasteiger partial charge in [0.05, 0.1) is 0 Å². The molecule has 4 N–H and O–H groups in total. The first-order chi connectivity index (χ1) is 9.70. The quantitative estimate of drug-likeness (QED) is 0.278. The summed E-state index contributed by atoms with van der Waals surface area (Å²) < 4.78 is 0. The Morgan fingerprint density at radius 3 is 1.70 bits per heavy atom. The molecular weight excluding hydrogens is 246 g/mol. The Morgan fingerprint density at radius 2 is 1.25 bits per heavy atom. The van der Waals surface area contributed by atoms with E-state index in [4.69, 9.17) is 11.5 Å². The van der Waals surface area contributed by atoms with Crippen molar-refractivity contribution in [1.29, 1.82) is 0 Å². The van der Waals surface area contributed by atoms with Crippen molar-refractivity contribution in [3.05, 3.63) is 0 Å². The molecule has 0 rings (SSSR count). The van der Waals surface area contributed by atoms with E-state index in [-0.39, 0.29) is 5.96 Å².